The molecule has 1 aliphatic carbocycles. The summed E-state index contributed by atoms with van der Waals surface area (Å²) in [6.45, 7) is 0.467. The van der Waals surface area contributed by atoms with E-state index >= 15 is 0 Å². The Balaban J connectivity index is 1.41. The highest BCUT2D eigenvalue weighted by molar-refractivity contribution is 9.10. The molecule has 1 N–H and O–H groups in total. The monoisotopic (exact) mass is 403 g/mol. The highest BCUT2D eigenvalue weighted by Crippen LogP contribution is 2.39. The summed E-state index contributed by atoms with van der Waals surface area (Å²) in [5, 5.41) is 6.96. The topological polar surface area (TPSA) is 68.0 Å². The number of carbonyl (C=O) groups is 1. The van der Waals surface area contributed by atoms with Gasteiger partial charge in [0.25, 0.3) is 11.8 Å². The van der Waals surface area contributed by atoms with Crippen molar-refractivity contribution in [3.8, 4) is 10.8 Å². The van der Waals surface area contributed by atoms with Gasteiger partial charge in [0.1, 0.15) is 0 Å². The Labute approximate surface area is 151 Å². The van der Waals surface area contributed by atoms with Crippen molar-refractivity contribution >= 4 is 33.2 Å². The number of halogens is 1. The minimum absolute atomic E-state index is 0.105. The number of nitrogens with one attached hydrogen (secondary N) is 1. The maximum Gasteiger partial charge on any atom is 0.268 e. The van der Waals surface area contributed by atoms with Crippen LogP contribution in [-0.4, -0.2) is 16.0 Å². The SMILES string of the molecule is O=C(NCc1ccc(-c2nc(C3CC3)no2)s1)c1ccccc1Br. The summed E-state index contributed by atoms with van der Waals surface area (Å²) in [4.78, 5) is 18.6. The summed E-state index contributed by atoms with van der Waals surface area (Å²) in [5.74, 6) is 1.74. The Morgan fingerprint density at radius 1 is 1.29 bits per heavy atom. The van der Waals surface area contributed by atoms with Crippen molar-refractivity contribution < 1.29 is 9.32 Å². The lowest BCUT2D eigenvalue weighted by molar-refractivity contribution is 0.0950. The molecule has 0 aliphatic heterocycles. The highest BCUT2D eigenvalue weighted by Gasteiger charge is 2.29. The van der Waals surface area contributed by atoms with Crippen LogP contribution in [-0.2, 0) is 6.54 Å². The molecule has 7 heteroatoms. The third-order valence-electron chi connectivity index (χ3n) is 3.80. The number of hydrogen-bond donors (Lipinski definition) is 1. The molecule has 0 radical (unpaired) electrons. The van der Waals surface area contributed by atoms with Crippen LogP contribution < -0.4 is 5.32 Å². The van der Waals surface area contributed by atoms with Crippen molar-refractivity contribution in [2.24, 2.45) is 0 Å². The molecule has 122 valence electrons. The lowest BCUT2D eigenvalue weighted by Gasteiger charge is -2.05. The summed E-state index contributed by atoms with van der Waals surface area (Å²) in [6.07, 6.45) is 2.30. The third kappa shape index (κ3) is 3.27. The van der Waals surface area contributed by atoms with Gasteiger partial charge in [-0.15, -0.1) is 11.3 Å². The average molecular weight is 404 g/mol. The number of carbonyl (C=O) groups excluding carboxylic acids is 1. The molecule has 2 aromatic heterocycles. The summed E-state index contributed by atoms with van der Waals surface area (Å²) in [7, 11) is 0. The first-order valence-corrected chi connectivity index (χ1v) is 9.27. The van der Waals surface area contributed by atoms with Crippen LogP contribution in [0.5, 0.6) is 0 Å². The van der Waals surface area contributed by atoms with Crippen molar-refractivity contribution in [2.45, 2.75) is 25.3 Å². The quantitative estimate of drug-likeness (QED) is 0.686. The van der Waals surface area contributed by atoms with Crippen molar-refractivity contribution in [2.75, 3.05) is 0 Å². The first-order valence-electron chi connectivity index (χ1n) is 7.66. The smallest absolute Gasteiger partial charge is 0.268 e. The van der Waals surface area contributed by atoms with E-state index in [9.17, 15) is 4.79 Å². The van der Waals surface area contributed by atoms with E-state index in [1.165, 1.54) is 0 Å². The van der Waals surface area contributed by atoms with Gasteiger partial charge in [-0.05, 0) is 53.0 Å². The second-order valence-electron chi connectivity index (χ2n) is 5.66. The van der Waals surface area contributed by atoms with Gasteiger partial charge in [0.2, 0.25) is 0 Å². The molecule has 0 unspecified atom stereocenters. The van der Waals surface area contributed by atoms with Gasteiger partial charge in [-0.2, -0.15) is 4.98 Å². The summed E-state index contributed by atoms with van der Waals surface area (Å²) in [6, 6.07) is 11.3. The minimum atomic E-state index is -0.105. The zero-order valence-corrected chi connectivity index (χ0v) is 15.1. The van der Waals surface area contributed by atoms with Gasteiger partial charge in [0, 0.05) is 15.3 Å². The predicted octanol–water partition coefficient (Wildman–Crippen LogP) is 4.37. The molecule has 0 spiro atoms. The maximum atomic E-state index is 12.2. The largest absolute Gasteiger partial charge is 0.347 e. The summed E-state index contributed by atoms with van der Waals surface area (Å²) < 4.78 is 6.12. The number of benzene rings is 1. The molecule has 24 heavy (non-hydrogen) atoms. The molecule has 5 nitrogen and oxygen atoms in total. The molecule has 2 heterocycles. The molecule has 0 bridgehead atoms. The van der Waals surface area contributed by atoms with Crippen LogP contribution in [0.15, 0.2) is 45.4 Å². The van der Waals surface area contributed by atoms with Crippen LogP contribution in [0, 0.1) is 0 Å². The Bertz CT molecular complexity index is 885. The number of nitrogens with zero attached hydrogens (tertiary/aromatic N) is 2. The van der Waals surface area contributed by atoms with Gasteiger partial charge in [0.05, 0.1) is 17.0 Å². The molecule has 1 fully saturated rings. The second kappa shape index (κ2) is 6.49. The van der Waals surface area contributed by atoms with E-state index in [1.807, 2.05) is 30.3 Å². The van der Waals surface area contributed by atoms with Crippen molar-refractivity contribution in [3.63, 3.8) is 0 Å². The molecular weight excluding hydrogens is 390 g/mol. The minimum Gasteiger partial charge on any atom is -0.347 e. The van der Waals surface area contributed by atoms with E-state index in [4.69, 9.17) is 4.52 Å². The van der Waals surface area contributed by atoms with Crippen LogP contribution in [0.2, 0.25) is 0 Å². The first-order chi connectivity index (χ1) is 11.7. The average Bonchev–Trinajstić information content (AvgIpc) is 3.13. The predicted molar refractivity (Wildman–Crippen MR) is 94.9 cm³/mol. The Morgan fingerprint density at radius 3 is 2.92 bits per heavy atom. The van der Waals surface area contributed by atoms with Gasteiger partial charge < -0.3 is 9.84 Å². The molecule has 0 atom stereocenters. The van der Waals surface area contributed by atoms with E-state index < -0.39 is 0 Å². The van der Waals surface area contributed by atoms with Crippen molar-refractivity contribution in [1.29, 1.82) is 0 Å². The lowest BCUT2D eigenvalue weighted by Crippen LogP contribution is -2.22. The molecule has 3 aromatic rings. The van der Waals surface area contributed by atoms with Crippen LogP contribution in [0.4, 0.5) is 0 Å². The van der Waals surface area contributed by atoms with E-state index in [-0.39, 0.29) is 5.91 Å². The van der Waals surface area contributed by atoms with Gasteiger partial charge in [-0.3, -0.25) is 4.79 Å². The molecule has 1 aromatic carbocycles. The summed E-state index contributed by atoms with van der Waals surface area (Å²) in [5.41, 5.74) is 0.625. The fourth-order valence-corrected chi connectivity index (χ4v) is 3.67. The normalized spacial score (nSPS) is 13.9. The first kappa shape index (κ1) is 15.5. The fraction of sp³-hybridized carbons (Fsp3) is 0.235. The van der Waals surface area contributed by atoms with Crippen LogP contribution in [0.25, 0.3) is 10.8 Å². The number of hydrogen-bond acceptors (Lipinski definition) is 5. The second-order valence-corrected chi connectivity index (χ2v) is 7.68. The molecule has 1 aliphatic rings. The zero-order valence-electron chi connectivity index (χ0n) is 12.7. The van der Waals surface area contributed by atoms with Crippen LogP contribution in [0.3, 0.4) is 0 Å². The number of thiophene rings is 1. The number of aromatic nitrogens is 2. The Morgan fingerprint density at radius 2 is 2.12 bits per heavy atom. The van der Waals surface area contributed by atoms with Gasteiger partial charge in [-0.1, -0.05) is 17.3 Å². The van der Waals surface area contributed by atoms with E-state index in [1.54, 1.807) is 17.4 Å². The number of amides is 1. The van der Waals surface area contributed by atoms with Gasteiger partial charge in [-0.25, -0.2) is 0 Å². The van der Waals surface area contributed by atoms with Gasteiger partial charge >= 0.3 is 0 Å². The Kier molecular flexibility index (Phi) is 4.20. The number of rotatable bonds is 5. The van der Waals surface area contributed by atoms with Crippen LogP contribution in [0.1, 0.15) is 39.8 Å². The Hall–Kier alpha value is -1.99. The highest BCUT2D eigenvalue weighted by atomic mass is 79.9. The standard InChI is InChI=1S/C17H14BrN3O2S/c18-13-4-2-1-3-12(13)16(22)19-9-11-7-8-14(24-11)17-20-15(21-23-17)10-5-6-10/h1-4,7-8,10H,5-6,9H2,(H,19,22). The lowest BCUT2D eigenvalue weighted by atomic mass is 10.2. The van der Waals surface area contributed by atoms with E-state index in [2.05, 4.69) is 31.4 Å². The third-order valence-corrected chi connectivity index (χ3v) is 5.56. The molecule has 4 rings (SSSR count). The van der Waals surface area contributed by atoms with Gasteiger partial charge in [0.15, 0.2) is 5.82 Å². The zero-order chi connectivity index (χ0) is 16.5. The van der Waals surface area contributed by atoms with E-state index in [0.717, 1.165) is 32.9 Å². The molecule has 0 saturated heterocycles. The molecule has 1 saturated carbocycles. The molecular formula is C17H14BrN3O2S. The fourth-order valence-electron chi connectivity index (χ4n) is 2.34. The van der Waals surface area contributed by atoms with Crippen molar-refractivity contribution in [3.05, 3.63) is 57.1 Å². The van der Waals surface area contributed by atoms with Crippen molar-refractivity contribution in [1.82, 2.24) is 15.5 Å². The molecule has 1 amide bonds. The van der Waals surface area contributed by atoms with Crippen LogP contribution >= 0.6 is 27.3 Å². The maximum absolute atomic E-state index is 12.2. The van der Waals surface area contributed by atoms with E-state index in [0.29, 0.717) is 23.9 Å². The summed E-state index contributed by atoms with van der Waals surface area (Å²) >= 11 is 4.94.